The normalized spacial score (nSPS) is 12.9. The van der Waals surface area contributed by atoms with E-state index in [9.17, 15) is 8.42 Å². The van der Waals surface area contributed by atoms with Crippen LogP contribution in [0.15, 0.2) is 23.1 Å². The van der Waals surface area contributed by atoms with Gasteiger partial charge in [0.2, 0.25) is 0 Å². The van der Waals surface area contributed by atoms with Crippen molar-refractivity contribution in [3.8, 4) is 0 Å². The Morgan fingerprint density at radius 1 is 1.27 bits per heavy atom. The zero-order valence-electron chi connectivity index (χ0n) is 8.78. The Morgan fingerprint density at radius 3 is 2.13 bits per heavy atom. The van der Waals surface area contributed by atoms with Crippen LogP contribution in [0.2, 0.25) is 0 Å². The van der Waals surface area contributed by atoms with Crippen LogP contribution in [0.25, 0.3) is 0 Å². The Labute approximate surface area is 104 Å². The minimum Gasteiger partial charge on any atom is -0.282 e. The fraction of sp³-hybridized carbons (Fsp3) is 0.400. The van der Waals surface area contributed by atoms with Crippen molar-refractivity contribution in [2.24, 2.45) is 0 Å². The van der Waals surface area contributed by atoms with Gasteiger partial charge < -0.3 is 0 Å². The lowest BCUT2D eigenvalue weighted by Gasteiger charge is -2.19. The first-order valence-electron chi connectivity index (χ1n) is 4.40. The molecule has 0 atom stereocenters. The fourth-order valence-electron chi connectivity index (χ4n) is 1.18. The van der Waals surface area contributed by atoms with Gasteiger partial charge in [-0.25, -0.2) is 0 Å². The van der Waals surface area contributed by atoms with E-state index < -0.39 is 10.1 Å². The van der Waals surface area contributed by atoms with E-state index in [1.54, 1.807) is 12.1 Å². The number of rotatable bonds is 1. The molecular formula is C10H13IO3S. The van der Waals surface area contributed by atoms with Crippen LogP contribution >= 0.6 is 22.6 Å². The highest BCUT2D eigenvalue weighted by atomic mass is 127. The standard InChI is InChI=1S/C10H13IO3S/c1-10(2,3)7-4-5-9(8(11)6-7)15(12,13)14/h4-6H,1-3H3,(H,12,13,14). The van der Waals surface area contributed by atoms with E-state index >= 15 is 0 Å². The Morgan fingerprint density at radius 2 is 1.80 bits per heavy atom. The molecule has 3 nitrogen and oxygen atoms in total. The van der Waals surface area contributed by atoms with Gasteiger partial charge in [0.1, 0.15) is 4.90 Å². The van der Waals surface area contributed by atoms with E-state index in [-0.39, 0.29) is 10.3 Å². The van der Waals surface area contributed by atoms with Crippen LogP contribution in [0, 0.1) is 3.57 Å². The molecule has 0 heterocycles. The van der Waals surface area contributed by atoms with Crippen LogP contribution in [-0.4, -0.2) is 13.0 Å². The first-order valence-corrected chi connectivity index (χ1v) is 6.92. The molecule has 0 fully saturated rings. The summed E-state index contributed by atoms with van der Waals surface area (Å²) in [5.41, 5.74) is 1.01. The molecule has 1 aromatic carbocycles. The third kappa shape index (κ3) is 3.15. The van der Waals surface area contributed by atoms with Gasteiger partial charge in [-0.3, -0.25) is 4.55 Å². The molecule has 0 saturated carbocycles. The zero-order chi connectivity index (χ0) is 11.9. The molecule has 0 aliphatic rings. The average molecular weight is 340 g/mol. The molecule has 5 heteroatoms. The van der Waals surface area contributed by atoms with E-state index in [2.05, 4.69) is 0 Å². The van der Waals surface area contributed by atoms with E-state index in [1.165, 1.54) is 6.07 Å². The van der Waals surface area contributed by atoms with Crippen molar-refractivity contribution in [3.63, 3.8) is 0 Å². The zero-order valence-corrected chi connectivity index (χ0v) is 11.8. The molecule has 0 unspecified atom stereocenters. The van der Waals surface area contributed by atoms with E-state index in [0.717, 1.165) is 5.56 Å². The first-order chi connectivity index (χ1) is 6.62. The van der Waals surface area contributed by atoms with Gasteiger partial charge in [0.25, 0.3) is 10.1 Å². The lowest BCUT2D eigenvalue weighted by atomic mass is 9.87. The highest BCUT2D eigenvalue weighted by molar-refractivity contribution is 14.1. The van der Waals surface area contributed by atoms with Gasteiger partial charge in [-0.15, -0.1) is 0 Å². The van der Waals surface area contributed by atoms with Crippen LogP contribution in [-0.2, 0) is 15.5 Å². The second-order valence-corrected chi connectivity index (χ2v) is 6.92. The van der Waals surface area contributed by atoms with Crippen molar-refractivity contribution >= 4 is 32.7 Å². The van der Waals surface area contributed by atoms with Crippen molar-refractivity contribution in [3.05, 3.63) is 27.3 Å². The summed E-state index contributed by atoms with van der Waals surface area (Å²) in [6, 6.07) is 4.95. The largest absolute Gasteiger partial charge is 0.295 e. The quantitative estimate of drug-likeness (QED) is 0.632. The van der Waals surface area contributed by atoms with Crippen LogP contribution < -0.4 is 0 Å². The lowest BCUT2D eigenvalue weighted by molar-refractivity contribution is 0.482. The predicted octanol–water partition coefficient (Wildman–Crippen LogP) is 2.84. The molecule has 0 amide bonds. The number of hydrogen-bond acceptors (Lipinski definition) is 2. The summed E-state index contributed by atoms with van der Waals surface area (Å²) < 4.78 is 31.4. The van der Waals surface area contributed by atoms with Gasteiger partial charge in [0, 0.05) is 3.57 Å². The summed E-state index contributed by atoms with van der Waals surface area (Å²) in [5.74, 6) is 0. The van der Waals surface area contributed by atoms with Gasteiger partial charge in [-0.05, 0) is 45.7 Å². The molecule has 0 radical (unpaired) electrons. The minimum absolute atomic E-state index is 0.0301. The van der Waals surface area contributed by atoms with Crippen molar-refractivity contribution in [1.82, 2.24) is 0 Å². The van der Waals surface area contributed by atoms with E-state index in [4.69, 9.17) is 4.55 Å². The number of halogens is 1. The summed E-state index contributed by atoms with van der Waals surface area (Å²) >= 11 is 1.91. The molecule has 0 saturated heterocycles. The second kappa shape index (κ2) is 4.03. The molecule has 1 N–H and O–H groups in total. The number of hydrogen-bond donors (Lipinski definition) is 1. The molecule has 0 aliphatic carbocycles. The van der Waals surface area contributed by atoms with Crippen molar-refractivity contribution in [2.75, 3.05) is 0 Å². The predicted molar refractivity (Wildman–Crippen MR) is 67.7 cm³/mol. The van der Waals surface area contributed by atoms with Crippen LogP contribution in [0.5, 0.6) is 0 Å². The summed E-state index contributed by atoms with van der Waals surface area (Å²) in [7, 11) is -4.10. The maximum absolute atomic E-state index is 11.0. The Hall–Kier alpha value is -0.140. The van der Waals surface area contributed by atoms with Crippen LogP contribution in [0.3, 0.4) is 0 Å². The van der Waals surface area contributed by atoms with Crippen LogP contribution in [0.4, 0.5) is 0 Å². The Bertz CT molecular complexity index is 472. The highest BCUT2D eigenvalue weighted by Crippen LogP contribution is 2.27. The molecular weight excluding hydrogens is 327 g/mol. The van der Waals surface area contributed by atoms with Crippen LogP contribution in [0.1, 0.15) is 26.3 Å². The average Bonchev–Trinajstić information content (AvgIpc) is 1.99. The summed E-state index contributed by atoms with van der Waals surface area (Å²) in [6.07, 6.45) is 0. The van der Waals surface area contributed by atoms with E-state index in [1.807, 2.05) is 43.4 Å². The molecule has 84 valence electrons. The van der Waals surface area contributed by atoms with Gasteiger partial charge in [0.05, 0.1) is 0 Å². The summed E-state index contributed by atoms with van der Waals surface area (Å²) in [6.45, 7) is 6.14. The third-order valence-electron chi connectivity index (χ3n) is 2.08. The molecule has 1 rings (SSSR count). The SMILES string of the molecule is CC(C)(C)c1ccc(S(=O)(=O)O)c(I)c1. The topological polar surface area (TPSA) is 54.4 Å². The molecule has 0 aromatic heterocycles. The first kappa shape index (κ1) is 12.9. The maximum atomic E-state index is 11.0. The molecule has 15 heavy (non-hydrogen) atoms. The lowest BCUT2D eigenvalue weighted by Crippen LogP contribution is -2.12. The maximum Gasteiger partial charge on any atom is 0.295 e. The highest BCUT2D eigenvalue weighted by Gasteiger charge is 2.18. The molecule has 0 spiro atoms. The van der Waals surface area contributed by atoms with Crippen molar-refractivity contribution in [1.29, 1.82) is 0 Å². The van der Waals surface area contributed by atoms with Gasteiger partial charge >= 0.3 is 0 Å². The molecule has 0 bridgehead atoms. The van der Waals surface area contributed by atoms with E-state index in [0.29, 0.717) is 3.57 Å². The van der Waals surface area contributed by atoms with Crippen molar-refractivity contribution in [2.45, 2.75) is 31.1 Å². The number of benzene rings is 1. The summed E-state index contributed by atoms with van der Waals surface area (Å²) in [4.78, 5) is -0.0314. The molecule has 0 aliphatic heterocycles. The Kier molecular flexibility index (Phi) is 3.47. The monoisotopic (exact) mass is 340 g/mol. The van der Waals surface area contributed by atoms with Gasteiger partial charge in [-0.2, -0.15) is 8.42 Å². The van der Waals surface area contributed by atoms with Crippen molar-refractivity contribution < 1.29 is 13.0 Å². The van der Waals surface area contributed by atoms with Gasteiger partial charge in [0.15, 0.2) is 0 Å². The Balaban J connectivity index is 3.34. The van der Waals surface area contributed by atoms with Gasteiger partial charge in [-0.1, -0.05) is 26.8 Å². The molecule has 1 aromatic rings. The smallest absolute Gasteiger partial charge is 0.282 e. The third-order valence-corrected chi connectivity index (χ3v) is 4.25. The second-order valence-electron chi connectivity index (χ2n) is 4.37. The minimum atomic E-state index is -4.10. The fourth-order valence-corrected chi connectivity index (χ4v) is 3.07. The summed E-state index contributed by atoms with van der Waals surface area (Å²) in [5, 5.41) is 0.